The number of ether oxygens (including phenoxy) is 3. The van der Waals surface area contributed by atoms with Gasteiger partial charge in [-0.05, 0) is 25.0 Å². The maximum Gasteiger partial charge on any atom is 0.255 e. The van der Waals surface area contributed by atoms with Crippen molar-refractivity contribution >= 4 is 5.91 Å². The van der Waals surface area contributed by atoms with E-state index in [4.69, 9.17) is 14.2 Å². The Labute approximate surface area is 142 Å². The molecule has 0 aliphatic heterocycles. The molecular formula is C19H23NO4. The number of carbonyl (C=O) groups is 1. The third-order valence-electron chi connectivity index (χ3n) is 3.95. The van der Waals surface area contributed by atoms with Gasteiger partial charge in [0, 0.05) is 12.1 Å². The van der Waals surface area contributed by atoms with E-state index in [2.05, 4.69) is 5.32 Å². The van der Waals surface area contributed by atoms with E-state index in [1.165, 1.54) is 21.3 Å². The van der Waals surface area contributed by atoms with E-state index >= 15 is 0 Å². The van der Waals surface area contributed by atoms with Crippen molar-refractivity contribution in [2.24, 2.45) is 0 Å². The molecule has 0 aliphatic rings. The highest BCUT2D eigenvalue weighted by Gasteiger charge is 2.20. The highest BCUT2D eigenvalue weighted by Crippen LogP contribution is 2.34. The van der Waals surface area contributed by atoms with Gasteiger partial charge in [0.2, 0.25) is 0 Å². The second kappa shape index (κ2) is 7.73. The van der Waals surface area contributed by atoms with Gasteiger partial charge in [-0.25, -0.2) is 0 Å². The first kappa shape index (κ1) is 17.7. The van der Waals surface area contributed by atoms with Gasteiger partial charge in [0.25, 0.3) is 5.91 Å². The average molecular weight is 329 g/mol. The van der Waals surface area contributed by atoms with Crippen LogP contribution in [0, 0.1) is 6.92 Å². The van der Waals surface area contributed by atoms with E-state index < -0.39 is 0 Å². The minimum Gasteiger partial charge on any atom is -0.496 e. The Morgan fingerprint density at radius 3 is 2.12 bits per heavy atom. The van der Waals surface area contributed by atoms with Gasteiger partial charge in [-0.2, -0.15) is 0 Å². The Kier molecular flexibility index (Phi) is 5.68. The Morgan fingerprint density at radius 2 is 1.54 bits per heavy atom. The number of methoxy groups -OCH3 is 3. The number of carbonyl (C=O) groups excluding carboxylic acids is 1. The van der Waals surface area contributed by atoms with Gasteiger partial charge in [0.15, 0.2) is 11.5 Å². The summed E-state index contributed by atoms with van der Waals surface area (Å²) in [4.78, 5) is 12.7. The monoisotopic (exact) mass is 329 g/mol. The van der Waals surface area contributed by atoms with E-state index in [-0.39, 0.29) is 11.9 Å². The summed E-state index contributed by atoms with van der Waals surface area (Å²) in [5.74, 6) is 1.19. The molecule has 0 heterocycles. The molecule has 24 heavy (non-hydrogen) atoms. The van der Waals surface area contributed by atoms with E-state index in [1.54, 1.807) is 12.1 Å². The third-order valence-corrected chi connectivity index (χ3v) is 3.95. The van der Waals surface area contributed by atoms with E-state index in [0.29, 0.717) is 22.8 Å². The first-order valence-electron chi connectivity index (χ1n) is 7.68. The van der Waals surface area contributed by atoms with Crippen molar-refractivity contribution < 1.29 is 19.0 Å². The van der Waals surface area contributed by atoms with E-state index in [9.17, 15) is 4.79 Å². The minimum atomic E-state index is -0.233. The molecule has 1 unspecified atom stereocenters. The zero-order valence-corrected chi connectivity index (χ0v) is 14.7. The average Bonchev–Trinajstić information content (AvgIpc) is 2.60. The summed E-state index contributed by atoms with van der Waals surface area (Å²) in [7, 11) is 4.59. The van der Waals surface area contributed by atoms with Crippen LogP contribution in [0.1, 0.15) is 34.5 Å². The molecule has 0 fully saturated rings. The van der Waals surface area contributed by atoms with Gasteiger partial charge in [-0.3, -0.25) is 4.79 Å². The first-order chi connectivity index (χ1) is 11.5. The maximum absolute atomic E-state index is 12.7. The van der Waals surface area contributed by atoms with Gasteiger partial charge in [-0.1, -0.05) is 24.3 Å². The molecule has 0 aromatic heterocycles. The number of rotatable bonds is 6. The second-order valence-electron chi connectivity index (χ2n) is 5.46. The Hall–Kier alpha value is -2.69. The van der Waals surface area contributed by atoms with Crippen LogP contribution in [-0.4, -0.2) is 27.2 Å². The van der Waals surface area contributed by atoms with Gasteiger partial charge >= 0.3 is 0 Å². The third kappa shape index (κ3) is 3.62. The van der Waals surface area contributed by atoms with Crippen molar-refractivity contribution in [1.82, 2.24) is 5.32 Å². The van der Waals surface area contributed by atoms with Gasteiger partial charge < -0.3 is 19.5 Å². The molecule has 0 radical (unpaired) electrons. The molecule has 2 aromatic carbocycles. The zero-order chi connectivity index (χ0) is 17.7. The molecule has 0 saturated carbocycles. The first-order valence-corrected chi connectivity index (χ1v) is 7.68. The summed E-state index contributed by atoms with van der Waals surface area (Å²) in [6, 6.07) is 11.1. The summed E-state index contributed by atoms with van der Waals surface area (Å²) >= 11 is 0. The smallest absolute Gasteiger partial charge is 0.255 e. The Morgan fingerprint density at radius 1 is 0.958 bits per heavy atom. The SMILES string of the molecule is COc1cc(OC)c(C(=O)NC(C)c2ccccc2C)cc1OC. The summed E-state index contributed by atoms with van der Waals surface area (Å²) in [5, 5.41) is 3.00. The van der Waals surface area contributed by atoms with Crippen molar-refractivity contribution in [3.05, 3.63) is 53.1 Å². The molecule has 0 bridgehead atoms. The van der Waals surface area contributed by atoms with E-state index in [0.717, 1.165) is 11.1 Å². The lowest BCUT2D eigenvalue weighted by Gasteiger charge is -2.18. The van der Waals surface area contributed by atoms with Crippen LogP contribution in [0.2, 0.25) is 0 Å². The Bertz CT molecular complexity index is 727. The van der Waals surface area contributed by atoms with E-state index in [1.807, 2.05) is 38.1 Å². The fraction of sp³-hybridized carbons (Fsp3) is 0.316. The molecule has 5 heteroatoms. The zero-order valence-electron chi connectivity index (χ0n) is 14.7. The summed E-state index contributed by atoms with van der Waals surface area (Å²) in [6.45, 7) is 3.97. The van der Waals surface area contributed by atoms with Crippen LogP contribution in [-0.2, 0) is 0 Å². The minimum absolute atomic E-state index is 0.128. The lowest BCUT2D eigenvalue weighted by Crippen LogP contribution is -2.27. The van der Waals surface area contributed by atoms with Gasteiger partial charge in [0.1, 0.15) is 5.75 Å². The molecule has 128 valence electrons. The van der Waals surface area contributed by atoms with Crippen LogP contribution in [0.4, 0.5) is 0 Å². The van der Waals surface area contributed by atoms with Crippen LogP contribution in [0.15, 0.2) is 36.4 Å². The fourth-order valence-corrected chi connectivity index (χ4v) is 2.63. The molecule has 0 spiro atoms. The predicted molar refractivity (Wildman–Crippen MR) is 93.2 cm³/mol. The van der Waals surface area contributed by atoms with Crippen molar-refractivity contribution in [1.29, 1.82) is 0 Å². The molecular weight excluding hydrogens is 306 g/mol. The van der Waals surface area contributed by atoms with Gasteiger partial charge in [0.05, 0.1) is 32.9 Å². The molecule has 5 nitrogen and oxygen atoms in total. The normalized spacial score (nSPS) is 11.5. The lowest BCUT2D eigenvalue weighted by atomic mass is 10.0. The van der Waals surface area contributed by atoms with Crippen LogP contribution in [0.25, 0.3) is 0 Å². The van der Waals surface area contributed by atoms with Crippen LogP contribution < -0.4 is 19.5 Å². The summed E-state index contributed by atoms with van der Waals surface area (Å²) in [6.07, 6.45) is 0. The van der Waals surface area contributed by atoms with Crippen molar-refractivity contribution in [2.75, 3.05) is 21.3 Å². The molecule has 0 aliphatic carbocycles. The molecule has 1 amide bonds. The van der Waals surface area contributed by atoms with Crippen LogP contribution in [0.5, 0.6) is 17.2 Å². The number of amides is 1. The highest BCUT2D eigenvalue weighted by atomic mass is 16.5. The van der Waals surface area contributed by atoms with Crippen molar-refractivity contribution in [2.45, 2.75) is 19.9 Å². The quantitative estimate of drug-likeness (QED) is 0.881. The molecule has 2 aromatic rings. The van der Waals surface area contributed by atoms with Crippen molar-refractivity contribution in [3.8, 4) is 17.2 Å². The molecule has 2 rings (SSSR count). The second-order valence-corrected chi connectivity index (χ2v) is 5.46. The van der Waals surface area contributed by atoms with Gasteiger partial charge in [-0.15, -0.1) is 0 Å². The van der Waals surface area contributed by atoms with Crippen LogP contribution >= 0.6 is 0 Å². The number of hydrogen-bond acceptors (Lipinski definition) is 4. The number of aryl methyl sites for hydroxylation is 1. The lowest BCUT2D eigenvalue weighted by molar-refractivity contribution is 0.0936. The van der Waals surface area contributed by atoms with Crippen LogP contribution in [0.3, 0.4) is 0 Å². The number of benzene rings is 2. The fourth-order valence-electron chi connectivity index (χ4n) is 2.63. The van der Waals surface area contributed by atoms with Crippen molar-refractivity contribution in [3.63, 3.8) is 0 Å². The summed E-state index contributed by atoms with van der Waals surface area (Å²) in [5.41, 5.74) is 2.60. The topological polar surface area (TPSA) is 56.8 Å². The molecule has 0 saturated heterocycles. The molecule has 1 N–H and O–H groups in total. The Balaban J connectivity index is 2.30. The number of nitrogens with one attached hydrogen (secondary N) is 1. The largest absolute Gasteiger partial charge is 0.496 e. The maximum atomic E-state index is 12.7. The highest BCUT2D eigenvalue weighted by molar-refractivity contribution is 5.98. The molecule has 1 atom stereocenters. The number of hydrogen-bond donors (Lipinski definition) is 1. The summed E-state index contributed by atoms with van der Waals surface area (Å²) < 4.78 is 15.8. The standard InChI is InChI=1S/C19H23NO4/c1-12-8-6-7-9-14(12)13(2)20-19(21)15-10-17(23-4)18(24-5)11-16(15)22-3/h6-11,13H,1-5H3,(H,20,21). The predicted octanol–water partition coefficient (Wildman–Crippen LogP) is 3.51.